The summed E-state index contributed by atoms with van der Waals surface area (Å²) in [6.45, 7) is 2.36. The number of imidazole rings is 1. The summed E-state index contributed by atoms with van der Waals surface area (Å²) in [6, 6.07) is 7.53. The summed E-state index contributed by atoms with van der Waals surface area (Å²) in [6.07, 6.45) is 9.48. The first-order valence-electron chi connectivity index (χ1n) is 10.7. The van der Waals surface area contributed by atoms with Gasteiger partial charge in [-0.1, -0.05) is 6.07 Å². The van der Waals surface area contributed by atoms with Crippen molar-refractivity contribution in [2.75, 3.05) is 35.6 Å². The molecule has 0 atom stereocenters. The number of nitrogens with zero attached hydrogens (tertiary/aromatic N) is 4. The van der Waals surface area contributed by atoms with E-state index in [0.29, 0.717) is 5.95 Å². The van der Waals surface area contributed by atoms with Crippen LogP contribution < -0.4 is 21.4 Å². The summed E-state index contributed by atoms with van der Waals surface area (Å²) in [5.41, 5.74) is 3.52. The summed E-state index contributed by atoms with van der Waals surface area (Å²) in [5.74, 6) is 1.27. The third kappa shape index (κ3) is 5.75. The summed E-state index contributed by atoms with van der Waals surface area (Å²) in [5, 5.41) is 9.55. The van der Waals surface area contributed by atoms with E-state index >= 15 is 0 Å². The van der Waals surface area contributed by atoms with Crippen molar-refractivity contribution in [2.24, 2.45) is 0 Å². The third-order valence-corrected chi connectivity index (χ3v) is 5.21. The van der Waals surface area contributed by atoms with Crippen molar-refractivity contribution in [3.05, 3.63) is 48.7 Å². The minimum atomic E-state index is -0.0492. The number of H-pyrrole nitrogens is 1. The Bertz CT molecular complexity index is 1000. The Balaban J connectivity index is 1.37. The average Bonchev–Trinajstić information content (AvgIpc) is 3.30. The molecule has 9 nitrogen and oxygen atoms in total. The van der Waals surface area contributed by atoms with E-state index in [2.05, 4.69) is 35.9 Å². The molecule has 0 aliphatic carbocycles. The number of amides is 2. The van der Waals surface area contributed by atoms with E-state index in [-0.39, 0.29) is 6.03 Å². The van der Waals surface area contributed by atoms with Crippen LogP contribution in [0.2, 0.25) is 0 Å². The molecule has 10 heteroatoms. The van der Waals surface area contributed by atoms with Gasteiger partial charge in [-0.15, -0.1) is 0 Å². The number of piperidine rings is 1. The molecule has 0 bridgehead atoms. The number of hydrogen-bond donors (Lipinski definition) is 4. The molecule has 4 rings (SSSR count). The van der Waals surface area contributed by atoms with Crippen LogP contribution in [0.4, 0.5) is 27.9 Å². The summed E-state index contributed by atoms with van der Waals surface area (Å²) in [4.78, 5) is 30.5. The van der Waals surface area contributed by atoms with E-state index in [1.54, 1.807) is 12.5 Å². The lowest BCUT2D eigenvalue weighted by atomic mass is 9.99. The number of hydrogen-bond acceptors (Lipinski definition) is 6. The van der Waals surface area contributed by atoms with Gasteiger partial charge in [0.15, 0.2) is 0 Å². The summed E-state index contributed by atoms with van der Waals surface area (Å²) in [7, 11) is 1.97. The number of carbonyl (C=O) groups is 1. The molecule has 3 aromatic rings. The molecule has 0 radical (unpaired) electrons. The van der Waals surface area contributed by atoms with Crippen LogP contribution in [0.1, 0.15) is 25.0 Å². The van der Waals surface area contributed by atoms with Gasteiger partial charge < -0.3 is 25.8 Å². The fourth-order valence-corrected chi connectivity index (χ4v) is 3.52. The van der Waals surface area contributed by atoms with Crippen molar-refractivity contribution in [2.45, 2.75) is 25.7 Å². The van der Waals surface area contributed by atoms with Gasteiger partial charge in [0, 0.05) is 49.8 Å². The van der Waals surface area contributed by atoms with E-state index in [1.165, 1.54) is 6.42 Å². The highest BCUT2D eigenvalue weighted by atomic mass is 16.2. The van der Waals surface area contributed by atoms with E-state index in [9.17, 15) is 4.79 Å². The first-order valence-corrected chi connectivity index (χ1v) is 10.7. The Morgan fingerprint density at radius 3 is 2.81 bits per heavy atom. The Hall–Kier alpha value is -3.56. The van der Waals surface area contributed by atoms with Crippen LogP contribution in [0.5, 0.6) is 0 Å². The molecule has 2 amide bonds. The van der Waals surface area contributed by atoms with Gasteiger partial charge in [-0.3, -0.25) is 0 Å². The largest absolute Gasteiger partial charge is 0.370 e. The number of anilines is 4. The third-order valence-electron chi connectivity index (χ3n) is 5.21. The molecular weight excluding hydrogens is 391 g/mol. The highest BCUT2D eigenvalue weighted by Gasteiger charge is 2.16. The maximum atomic E-state index is 12.5. The molecule has 1 aliphatic heterocycles. The minimum absolute atomic E-state index is 0.0492. The lowest BCUT2D eigenvalue weighted by Gasteiger charge is -2.26. The van der Waals surface area contributed by atoms with Gasteiger partial charge in [-0.05, 0) is 42.9 Å². The first-order chi connectivity index (χ1) is 15.2. The maximum Gasteiger partial charge on any atom is 0.321 e. The van der Waals surface area contributed by atoms with E-state index in [1.807, 2.05) is 43.2 Å². The number of aromatic nitrogens is 4. The number of rotatable bonds is 7. The van der Waals surface area contributed by atoms with Crippen molar-refractivity contribution in [3.8, 4) is 0 Å². The summed E-state index contributed by atoms with van der Waals surface area (Å²) < 4.78 is 0. The molecule has 0 saturated carbocycles. The predicted molar refractivity (Wildman–Crippen MR) is 125 cm³/mol. The standard InChI is InChI=1S/C21H27BN8O/c22-18-13-25-20(29-19(18)24-8-7-17-12-23-14-26-17)27-15-5-4-6-16(11-15)28-21(31)30-9-2-1-3-10-30/h4-6,11-14H,1-3,7-10,22H2,(H,23,26)(H,28,31)(H2,24,25,27,29). The second-order valence-electron chi connectivity index (χ2n) is 7.65. The predicted octanol–water partition coefficient (Wildman–Crippen LogP) is 1.87. The van der Waals surface area contributed by atoms with Crippen molar-refractivity contribution >= 4 is 42.5 Å². The van der Waals surface area contributed by atoms with Crippen LogP contribution in [0.3, 0.4) is 0 Å². The molecule has 2 aromatic heterocycles. The van der Waals surface area contributed by atoms with Crippen LogP contribution in [0.15, 0.2) is 43.0 Å². The molecule has 1 aromatic carbocycles. The van der Waals surface area contributed by atoms with Gasteiger partial charge in [0.05, 0.1) is 12.0 Å². The summed E-state index contributed by atoms with van der Waals surface area (Å²) >= 11 is 0. The fourth-order valence-electron chi connectivity index (χ4n) is 3.52. The number of nitrogens with one attached hydrogen (secondary N) is 4. The quantitative estimate of drug-likeness (QED) is 0.436. The molecule has 0 spiro atoms. The average molecular weight is 418 g/mol. The molecule has 31 heavy (non-hydrogen) atoms. The molecule has 3 heterocycles. The van der Waals surface area contributed by atoms with Crippen LogP contribution in [0, 0.1) is 0 Å². The monoisotopic (exact) mass is 418 g/mol. The van der Waals surface area contributed by atoms with Gasteiger partial charge in [0.2, 0.25) is 5.95 Å². The normalized spacial score (nSPS) is 13.6. The smallest absolute Gasteiger partial charge is 0.321 e. The second kappa shape index (κ2) is 9.97. The molecule has 0 unspecified atom stereocenters. The molecule has 1 fully saturated rings. The van der Waals surface area contributed by atoms with Crippen LogP contribution in [-0.4, -0.2) is 58.3 Å². The van der Waals surface area contributed by atoms with Crippen LogP contribution in [0.25, 0.3) is 0 Å². The Morgan fingerprint density at radius 1 is 1.16 bits per heavy atom. The highest BCUT2D eigenvalue weighted by molar-refractivity contribution is 6.35. The van der Waals surface area contributed by atoms with Crippen molar-refractivity contribution in [1.29, 1.82) is 0 Å². The Morgan fingerprint density at radius 2 is 2.00 bits per heavy atom. The van der Waals surface area contributed by atoms with Crippen molar-refractivity contribution in [3.63, 3.8) is 0 Å². The molecule has 4 N–H and O–H groups in total. The fraction of sp³-hybridized carbons (Fsp3) is 0.333. The topological polar surface area (TPSA) is 111 Å². The van der Waals surface area contributed by atoms with Gasteiger partial charge in [0.1, 0.15) is 13.7 Å². The SMILES string of the molecule is Bc1cnc(Nc2cccc(NC(=O)N3CCCCC3)c2)nc1NCCc1c[nH]cn1. The van der Waals surface area contributed by atoms with Gasteiger partial charge in [0.25, 0.3) is 0 Å². The number of urea groups is 1. The van der Waals surface area contributed by atoms with Crippen LogP contribution >= 0.6 is 0 Å². The van der Waals surface area contributed by atoms with Gasteiger partial charge >= 0.3 is 6.03 Å². The first kappa shape index (κ1) is 20.7. The van der Waals surface area contributed by atoms with Crippen molar-refractivity contribution in [1.82, 2.24) is 24.8 Å². The minimum Gasteiger partial charge on any atom is -0.370 e. The van der Waals surface area contributed by atoms with E-state index in [0.717, 1.165) is 67.2 Å². The number of benzene rings is 1. The maximum absolute atomic E-state index is 12.5. The van der Waals surface area contributed by atoms with Gasteiger partial charge in [-0.2, -0.15) is 4.98 Å². The van der Waals surface area contributed by atoms with E-state index in [4.69, 9.17) is 0 Å². The number of likely N-dealkylation sites (tertiary alicyclic amines) is 1. The lowest BCUT2D eigenvalue weighted by molar-refractivity contribution is 0.200. The zero-order chi connectivity index (χ0) is 21.5. The Kier molecular flexibility index (Phi) is 6.66. The Labute approximate surface area is 182 Å². The lowest BCUT2D eigenvalue weighted by Crippen LogP contribution is -2.38. The van der Waals surface area contributed by atoms with Crippen LogP contribution in [-0.2, 0) is 6.42 Å². The zero-order valence-corrected chi connectivity index (χ0v) is 17.7. The second-order valence-corrected chi connectivity index (χ2v) is 7.65. The highest BCUT2D eigenvalue weighted by Crippen LogP contribution is 2.19. The number of aromatic amines is 1. The van der Waals surface area contributed by atoms with E-state index < -0.39 is 0 Å². The number of carbonyl (C=O) groups excluding carboxylic acids is 1. The zero-order valence-electron chi connectivity index (χ0n) is 17.7. The molecule has 160 valence electrons. The van der Waals surface area contributed by atoms with Crippen molar-refractivity contribution < 1.29 is 4.79 Å². The molecule has 1 aliphatic rings. The van der Waals surface area contributed by atoms with Gasteiger partial charge in [-0.25, -0.2) is 14.8 Å². The molecule has 1 saturated heterocycles. The molecular formula is C21H27BN8O.